The van der Waals surface area contributed by atoms with Crippen molar-refractivity contribution in [3.8, 4) is 6.07 Å². The van der Waals surface area contributed by atoms with Crippen molar-refractivity contribution in [1.82, 2.24) is 9.47 Å². The number of nitriles is 1. The quantitative estimate of drug-likeness (QED) is 0.614. The SMILES string of the molecule is Cc1cc(/C=C(/C#N)C(=O)N2CCC(C)CC2)c(C)n1C[C@@H]1CCCO1. The Morgan fingerprint density at radius 1 is 1.35 bits per heavy atom. The summed E-state index contributed by atoms with van der Waals surface area (Å²) in [4.78, 5) is 14.6. The number of aromatic nitrogens is 1. The number of piperidine rings is 1. The Labute approximate surface area is 156 Å². The lowest BCUT2D eigenvalue weighted by Gasteiger charge is -2.30. The Morgan fingerprint density at radius 3 is 2.69 bits per heavy atom. The van der Waals surface area contributed by atoms with Crippen LogP contribution < -0.4 is 0 Å². The average Bonchev–Trinajstić information content (AvgIpc) is 3.24. The maximum atomic E-state index is 12.7. The molecule has 1 atom stereocenters. The van der Waals surface area contributed by atoms with Crippen LogP contribution in [0.5, 0.6) is 0 Å². The minimum absolute atomic E-state index is 0.136. The van der Waals surface area contributed by atoms with Gasteiger partial charge in [0.25, 0.3) is 5.91 Å². The highest BCUT2D eigenvalue weighted by atomic mass is 16.5. The van der Waals surface area contributed by atoms with Crippen LogP contribution in [0, 0.1) is 31.1 Å². The highest BCUT2D eigenvalue weighted by Crippen LogP contribution is 2.23. The molecule has 1 aromatic heterocycles. The number of carbonyl (C=O) groups excluding carboxylic acids is 1. The van der Waals surface area contributed by atoms with Crippen LogP contribution >= 0.6 is 0 Å². The van der Waals surface area contributed by atoms with Gasteiger partial charge in [0.2, 0.25) is 0 Å². The molecule has 1 aromatic rings. The summed E-state index contributed by atoms with van der Waals surface area (Å²) in [5.41, 5.74) is 3.42. The Balaban J connectivity index is 1.78. The molecule has 2 saturated heterocycles. The largest absolute Gasteiger partial charge is 0.376 e. The number of hydrogen-bond acceptors (Lipinski definition) is 3. The summed E-state index contributed by atoms with van der Waals surface area (Å²) in [6.45, 7) is 9.51. The molecule has 0 bridgehead atoms. The number of amides is 1. The number of hydrogen-bond donors (Lipinski definition) is 0. The normalized spacial score (nSPS) is 21.8. The standard InChI is InChI=1S/C21H29N3O2/c1-15-6-8-23(9-7-15)21(25)19(13-22)12-18-11-16(2)24(17(18)3)14-20-5-4-10-26-20/h11-12,15,20H,4-10,14H2,1-3H3/b19-12-/t20-/m0/s1. The smallest absolute Gasteiger partial charge is 0.264 e. The Bertz CT molecular complexity index is 727. The summed E-state index contributed by atoms with van der Waals surface area (Å²) < 4.78 is 8.00. The van der Waals surface area contributed by atoms with E-state index in [0.29, 0.717) is 5.92 Å². The molecule has 1 amide bonds. The molecule has 0 N–H and O–H groups in total. The molecule has 3 heterocycles. The van der Waals surface area contributed by atoms with Crippen molar-refractivity contribution in [3.05, 3.63) is 28.6 Å². The molecule has 0 aromatic carbocycles. The van der Waals surface area contributed by atoms with Gasteiger partial charge in [0.1, 0.15) is 11.6 Å². The van der Waals surface area contributed by atoms with Gasteiger partial charge >= 0.3 is 0 Å². The van der Waals surface area contributed by atoms with Gasteiger partial charge in [0, 0.05) is 37.6 Å². The third-order valence-corrected chi connectivity index (χ3v) is 5.74. The number of rotatable bonds is 4. The lowest BCUT2D eigenvalue weighted by atomic mass is 9.98. The van der Waals surface area contributed by atoms with E-state index in [9.17, 15) is 10.1 Å². The predicted octanol–water partition coefficient (Wildman–Crippen LogP) is 3.45. The summed E-state index contributed by atoms with van der Waals surface area (Å²) in [7, 11) is 0. The number of ether oxygens (including phenoxy) is 1. The first-order valence-corrected chi connectivity index (χ1v) is 9.69. The van der Waals surface area contributed by atoms with Crippen molar-refractivity contribution < 1.29 is 9.53 Å². The van der Waals surface area contributed by atoms with Crippen LogP contribution in [0.15, 0.2) is 11.6 Å². The van der Waals surface area contributed by atoms with Crippen LogP contribution in [-0.4, -0.2) is 41.2 Å². The second-order valence-corrected chi connectivity index (χ2v) is 7.72. The van der Waals surface area contributed by atoms with Crippen LogP contribution in [0.3, 0.4) is 0 Å². The van der Waals surface area contributed by atoms with Gasteiger partial charge in [-0.1, -0.05) is 6.92 Å². The van der Waals surface area contributed by atoms with E-state index in [1.165, 1.54) is 0 Å². The zero-order valence-corrected chi connectivity index (χ0v) is 16.1. The molecule has 0 radical (unpaired) electrons. The van der Waals surface area contributed by atoms with Crippen LogP contribution in [-0.2, 0) is 16.1 Å². The van der Waals surface area contributed by atoms with Gasteiger partial charge < -0.3 is 14.2 Å². The molecule has 140 valence electrons. The van der Waals surface area contributed by atoms with E-state index in [1.807, 2.05) is 4.90 Å². The Kier molecular flexibility index (Phi) is 5.83. The van der Waals surface area contributed by atoms with Crippen molar-refractivity contribution in [3.63, 3.8) is 0 Å². The molecule has 26 heavy (non-hydrogen) atoms. The highest BCUT2D eigenvalue weighted by molar-refractivity contribution is 6.01. The first-order valence-electron chi connectivity index (χ1n) is 9.69. The summed E-state index contributed by atoms with van der Waals surface area (Å²) in [5, 5.41) is 9.54. The third-order valence-electron chi connectivity index (χ3n) is 5.74. The van der Waals surface area contributed by atoms with Gasteiger partial charge in [0.05, 0.1) is 6.10 Å². The molecule has 5 nitrogen and oxygen atoms in total. The molecule has 0 saturated carbocycles. The first kappa shape index (κ1) is 18.7. The Hall–Kier alpha value is -2.06. The van der Waals surface area contributed by atoms with Gasteiger partial charge in [-0.3, -0.25) is 4.79 Å². The van der Waals surface area contributed by atoms with E-state index < -0.39 is 0 Å². The topological polar surface area (TPSA) is 58.3 Å². The fourth-order valence-electron chi connectivity index (χ4n) is 3.93. The molecule has 2 fully saturated rings. The highest BCUT2D eigenvalue weighted by Gasteiger charge is 2.24. The second-order valence-electron chi connectivity index (χ2n) is 7.72. The second kappa shape index (κ2) is 8.09. The monoisotopic (exact) mass is 355 g/mol. The van der Waals surface area contributed by atoms with Crippen molar-refractivity contribution in [2.45, 2.75) is 59.1 Å². The molecule has 0 unspecified atom stereocenters. The fourth-order valence-corrected chi connectivity index (χ4v) is 3.93. The summed E-state index contributed by atoms with van der Waals surface area (Å²) in [6.07, 6.45) is 6.27. The zero-order valence-electron chi connectivity index (χ0n) is 16.1. The zero-order chi connectivity index (χ0) is 18.7. The van der Waals surface area contributed by atoms with Gasteiger partial charge in [-0.25, -0.2) is 0 Å². The van der Waals surface area contributed by atoms with Crippen molar-refractivity contribution in [1.29, 1.82) is 5.26 Å². The van der Waals surface area contributed by atoms with Gasteiger partial charge in [-0.15, -0.1) is 0 Å². The number of likely N-dealkylation sites (tertiary alicyclic amines) is 1. The number of nitrogens with zero attached hydrogens (tertiary/aromatic N) is 3. The molecule has 2 aliphatic rings. The van der Waals surface area contributed by atoms with E-state index >= 15 is 0 Å². The molecule has 5 heteroatoms. The molecule has 2 aliphatic heterocycles. The van der Waals surface area contributed by atoms with Crippen molar-refractivity contribution in [2.24, 2.45) is 5.92 Å². The maximum absolute atomic E-state index is 12.7. The summed E-state index contributed by atoms with van der Waals surface area (Å²) >= 11 is 0. The Morgan fingerprint density at radius 2 is 2.08 bits per heavy atom. The van der Waals surface area contributed by atoms with E-state index in [4.69, 9.17) is 4.74 Å². The molecular formula is C21H29N3O2. The average molecular weight is 355 g/mol. The van der Waals surface area contributed by atoms with E-state index in [0.717, 1.165) is 68.9 Å². The summed E-state index contributed by atoms with van der Waals surface area (Å²) in [6, 6.07) is 4.19. The molecule has 0 spiro atoms. The molecule has 0 aliphatic carbocycles. The minimum atomic E-state index is -0.136. The lowest BCUT2D eigenvalue weighted by Crippen LogP contribution is -2.38. The van der Waals surface area contributed by atoms with Gasteiger partial charge in [-0.05, 0) is 63.2 Å². The van der Waals surface area contributed by atoms with Gasteiger partial charge in [-0.2, -0.15) is 5.26 Å². The first-order chi connectivity index (χ1) is 12.5. The lowest BCUT2D eigenvalue weighted by molar-refractivity contribution is -0.127. The van der Waals surface area contributed by atoms with Crippen LogP contribution in [0.2, 0.25) is 0 Å². The third kappa shape index (κ3) is 4.02. The van der Waals surface area contributed by atoms with E-state index in [-0.39, 0.29) is 17.6 Å². The van der Waals surface area contributed by atoms with Crippen molar-refractivity contribution in [2.75, 3.05) is 19.7 Å². The molecule has 3 rings (SSSR count). The van der Waals surface area contributed by atoms with Crippen LogP contribution in [0.4, 0.5) is 0 Å². The predicted molar refractivity (Wildman–Crippen MR) is 101 cm³/mol. The van der Waals surface area contributed by atoms with Crippen LogP contribution in [0.1, 0.15) is 49.6 Å². The summed E-state index contributed by atoms with van der Waals surface area (Å²) in [5.74, 6) is 0.522. The minimum Gasteiger partial charge on any atom is -0.376 e. The van der Waals surface area contributed by atoms with Crippen molar-refractivity contribution >= 4 is 12.0 Å². The van der Waals surface area contributed by atoms with Gasteiger partial charge in [0.15, 0.2) is 0 Å². The number of carbonyl (C=O) groups is 1. The number of aryl methyl sites for hydroxylation is 1. The fraction of sp³-hybridized carbons (Fsp3) is 0.619. The van der Waals surface area contributed by atoms with E-state index in [1.54, 1.807) is 6.08 Å². The maximum Gasteiger partial charge on any atom is 0.264 e. The van der Waals surface area contributed by atoms with Crippen LogP contribution in [0.25, 0.3) is 6.08 Å². The van der Waals surface area contributed by atoms with E-state index in [2.05, 4.69) is 37.5 Å². The molecular weight excluding hydrogens is 326 g/mol.